The number of benzene rings is 1. The van der Waals surface area contributed by atoms with Gasteiger partial charge in [-0.3, -0.25) is 9.59 Å². The highest BCUT2D eigenvalue weighted by Crippen LogP contribution is 2.15. The average Bonchev–Trinajstić information content (AvgIpc) is 2.41. The number of piperazine rings is 1. The second-order valence-corrected chi connectivity index (χ2v) is 4.24. The lowest BCUT2D eigenvalue weighted by Gasteiger charge is -2.32. The molecule has 0 N–H and O–H groups in total. The molecule has 0 unspecified atom stereocenters. The van der Waals surface area contributed by atoms with Gasteiger partial charge < -0.3 is 14.5 Å². The van der Waals surface area contributed by atoms with E-state index in [4.69, 9.17) is 4.74 Å². The third-order valence-corrected chi connectivity index (χ3v) is 3.00. The van der Waals surface area contributed by atoms with Gasteiger partial charge in [-0.1, -0.05) is 12.1 Å². The van der Waals surface area contributed by atoms with Gasteiger partial charge in [0.05, 0.1) is 13.7 Å². The Morgan fingerprint density at radius 1 is 1.39 bits per heavy atom. The summed E-state index contributed by atoms with van der Waals surface area (Å²) in [4.78, 5) is 25.7. The minimum Gasteiger partial charge on any atom is -0.497 e. The van der Waals surface area contributed by atoms with Gasteiger partial charge in [-0.25, -0.2) is 0 Å². The smallest absolute Gasteiger partial charge is 0.242 e. The number of carbonyl (C=O) groups is 2. The van der Waals surface area contributed by atoms with Gasteiger partial charge in [-0.15, -0.1) is 0 Å². The number of nitrogens with zero attached hydrogens (tertiary/aromatic N) is 2. The summed E-state index contributed by atoms with van der Waals surface area (Å²) in [6.07, 6.45) is 0.723. The Morgan fingerprint density at radius 2 is 2.22 bits per heavy atom. The van der Waals surface area contributed by atoms with Gasteiger partial charge in [0.1, 0.15) is 5.75 Å². The second kappa shape index (κ2) is 5.53. The summed E-state index contributed by atoms with van der Waals surface area (Å²) in [5.74, 6) is 0.766. The molecule has 1 aromatic carbocycles. The van der Waals surface area contributed by atoms with Crippen LogP contribution in [0.1, 0.15) is 5.56 Å². The molecule has 0 spiro atoms. The Hall–Kier alpha value is -2.04. The largest absolute Gasteiger partial charge is 0.497 e. The molecule has 5 nitrogen and oxygen atoms in total. The average molecular weight is 248 g/mol. The molecule has 1 aromatic rings. The Kier molecular flexibility index (Phi) is 3.82. The molecular formula is C13H16N2O3. The summed E-state index contributed by atoms with van der Waals surface area (Å²) in [5.41, 5.74) is 1.03. The molecule has 0 aliphatic carbocycles. The van der Waals surface area contributed by atoms with Gasteiger partial charge in [0.2, 0.25) is 12.3 Å². The lowest BCUT2D eigenvalue weighted by atomic mass is 10.2. The second-order valence-electron chi connectivity index (χ2n) is 4.24. The van der Waals surface area contributed by atoms with Crippen LogP contribution in [0.4, 0.5) is 0 Å². The van der Waals surface area contributed by atoms with Crippen LogP contribution < -0.4 is 4.74 Å². The molecule has 2 amide bonds. The molecule has 0 atom stereocenters. The van der Waals surface area contributed by atoms with Crippen LogP contribution in [0.5, 0.6) is 5.75 Å². The normalized spacial score (nSPS) is 15.7. The predicted octanol–water partition coefficient (Wildman–Crippen LogP) is 0.496. The molecule has 1 saturated heterocycles. The van der Waals surface area contributed by atoms with Crippen molar-refractivity contribution in [1.82, 2.24) is 9.80 Å². The van der Waals surface area contributed by atoms with Gasteiger partial charge in [0.25, 0.3) is 0 Å². The van der Waals surface area contributed by atoms with Crippen molar-refractivity contribution in [2.24, 2.45) is 0 Å². The molecule has 5 heteroatoms. The number of amides is 2. The molecule has 96 valence electrons. The highest BCUT2D eigenvalue weighted by molar-refractivity contribution is 5.81. The van der Waals surface area contributed by atoms with E-state index in [0.29, 0.717) is 19.6 Å². The topological polar surface area (TPSA) is 49.9 Å². The molecule has 1 heterocycles. The summed E-state index contributed by atoms with van der Waals surface area (Å²) < 4.78 is 5.15. The highest BCUT2D eigenvalue weighted by atomic mass is 16.5. The van der Waals surface area contributed by atoms with E-state index >= 15 is 0 Å². The SMILES string of the molecule is COc1cccc(CN2CCN(C=O)CC2=O)c1. The van der Waals surface area contributed by atoms with Crippen molar-refractivity contribution < 1.29 is 14.3 Å². The molecule has 18 heavy (non-hydrogen) atoms. The fourth-order valence-electron chi connectivity index (χ4n) is 1.98. The van der Waals surface area contributed by atoms with Crippen LogP contribution >= 0.6 is 0 Å². The minimum atomic E-state index is -0.0174. The van der Waals surface area contributed by atoms with Crippen LogP contribution in [0, 0.1) is 0 Å². The summed E-state index contributed by atoms with van der Waals surface area (Å²) in [6, 6.07) is 7.65. The van der Waals surface area contributed by atoms with E-state index in [2.05, 4.69) is 0 Å². The molecule has 1 fully saturated rings. The van der Waals surface area contributed by atoms with E-state index < -0.39 is 0 Å². The number of rotatable bonds is 4. The molecule has 0 saturated carbocycles. The van der Waals surface area contributed by atoms with Crippen molar-refractivity contribution in [3.8, 4) is 5.75 Å². The molecule has 2 rings (SSSR count). The quantitative estimate of drug-likeness (QED) is 0.729. The zero-order valence-corrected chi connectivity index (χ0v) is 10.3. The third kappa shape index (κ3) is 2.80. The number of methoxy groups -OCH3 is 1. The van der Waals surface area contributed by atoms with Gasteiger partial charge in [0, 0.05) is 19.6 Å². The first-order valence-electron chi connectivity index (χ1n) is 5.83. The summed E-state index contributed by atoms with van der Waals surface area (Å²) in [5, 5.41) is 0. The summed E-state index contributed by atoms with van der Waals surface area (Å²) in [7, 11) is 1.62. The maximum atomic E-state index is 11.8. The number of hydrogen-bond donors (Lipinski definition) is 0. The zero-order chi connectivity index (χ0) is 13.0. The van der Waals surface area contributed by atoms with Crippen LogP contribution in [-0.2, 0) is 16.1 Å². The van der Waals surface area contributed by atoms with Gasteiger partial charge in [0.15, 0.2) is 0 Å². The summed E-state index contributed by atoms with van der Waals surface area (Å²) in [6.45, 7) is 1.91. The number of ether oxygens (including phenoxy) is 1. The van der Waals surface area contributed by atoms with Crippen molar-refractivity contribution in [1.29, 1.82) is 0 Å². The van der Waals surface area contributed by atoms with Crippen LogP contribution in [0.25, 0.3) is 0 Å². The first-order chi connectivity index (χ1) is 8.72. The molecule has 0 radical (unpaired) electrons. The van der Waals surface area contributed by atoms with E-state index in [9.17, 15) is 9.59 Å². The highest BCUT2D eigenvalue weighted by Gasteiger charge is 2.22. The van der Waals surface area contributed by atoms with Gasteiger partial charge in [-0.2, -0.15) is 0 Å². The van der Waals surface area contributed by atoms with Crippen molar-refractivity contribution in [2.75, 3.05) is 26.7 Å². The van der Waals surface area contributed by atoms with E-state index in [0.717, 1.165) is 17.7 Å². The van der Waals surface area contributed by atoms with Crippen molar-refractivity contribution in [2.45, 2.75) is 6.54 Å². The Morgan fingerprint density at radius 3 is 2.89 bits per heavy atom. The van der Waals surface area contributed by atoms with E-state index in [-0.39, 0.29) is 12.5 Å². The van der Waals surface area contributed by atoms with Crippen LogP contribution in [0.2, 0.25) is 0 Å². The van der Waals surface area contributed by atoms with Gasteiger partial charge in [-0.05, 0) is 17.7 Å². The van der Waals surface area contributed by atoms with Crippen LogP contribution in [0.3, 0.4) is 0 Å². The number of hydrogen-bond acceptors (Lipinski definition) is 3. The Balaban J connectivity index is 2.01. The lowest BCUT2D eigenvalue weighted by Crippen LogP contribution is -2.49. The first kappa shape index (κ1) is 12.4. The predicted molar refractivity (Wildman–Crippen MR) is 66.0 cm³/mol. The zero-order valence-electron chi connectivity index (χ0n) is 10.3. The fourth-order valence-corrected chi connectivity index (χ4v) is 1.98. The van der Waals surface area contributed by atoms with Crippen LogP contribution in [-0.4, -0.2) is 48.9 Å². The summed E-state index contributed by atoms with van der Waals surface area (Å²) >= 11 is 0. The molecular weight excluding hydrogens is 232 g/mol. The third-order valence-electron chi connectivity index (χ3n) is 3.00. The molecule has 0 aromatic heterocycles. The number of carbonyl (C=O) groups excluding carboxylic acids is 2. The minimum absolute atomic E-state index is 0.0174. The van der Waals surface area contributed by atoms with Crippen molar-refractivity contribution in [3.05, 3.63) is 29.8 Å². The molecule has 0 bridgehead atoms. The van der Waals surface area contributed by atoms with Crippen molar-refractivity contribution in [3.63, 3.8) is 0 Å². The maximum Gasteiger partial charge on any atom is 0.242 e. The van der Waals surface area contributed by atoms with E-state index in [1.165, 1.54) is 4.90 Å². The monoisotopic (exact) mass is 248 g/mol. The Labute approximate surface area is 106 Å². The molecule has 1 aliphatic heterocycles. The van der Waals surface area contributed by atoms with Crippen LogP contribution in [0.15, 0.2) is 24.3 Å². The fraction of sp³-hybridized carbons (Fsp3) is 0.385. The maximum absolute atomic E-state index is 11.8. The van der Waals surface area contributed by atoms with Crippen molar-refractivity contribution >= 4 is 12.3 Å². The first-order valence-corrected chi connectivity index (χ1v) is 5.83. The Bertz CT molecular complexity index is 448. The molecule has 1 aliphatic rings. The lowest BCUT2D eigenvalue weighted by molar-refractivity contribution is -0.140. The van der Waals surface area contributed by atoms with E-state index in [1.807, 2.05) is 24.3 Å². The standard InChI is InChI=1S/C13H16N2O3/c1-18-12-4-2-3-11(7-12)8-15-6-5-14(10-16)9-13(15)17/h2-4,7,10H,5-6,8-9H2,1H3. The van der Waals surface area contributed by atoms with Gasteiger partial charge >= 0.3 is 0 Å². The van der Waals surface area contributed by atoms with E-state index in [1.54, 1.807) is 12.0 Å².